The first-order valence-electron chi connectivity index (χ1n) is 18.8. The van der Waals surface area contributed by atoms with Crippen molar-refractivity contribution in [3.8, 4) is 0 Å². The molecule has 0 bridgehead atoms. The van der Waals surface area contributed by atoms with Gasteiger partial charge in [-0.2, -0.15) is 0 Å². The van der Waals surface area contributed by atoms with Gasteiger partial charge in [0.05, 0.1) is 42.1 Å². The molecule has 1 aromatic rings. The largest absolute Gasteiger partial charge is 0.459 e. The third-order valence-corrected chi connectivity index (χ3v) is 9.61. The fourth-order valence-electron chi connectivity index (χ4n) is 6.88. The van der Waals surface area contributed by atoms with Gasteiger partial charge in [-0.15, -0.1) is 0 Å². The van der Waals surface area contributed by atoms with Crippen LogP contribution in [0.2, 0.25) is 0 Å². The van der Waals surface area contributed by atoms with Crippen LogP contribution < -0.4 is 0 Å². The Morgan fingerprint density at radius 3 is 1.40 bits per heavy atom. The zero-order chi connectivity index (χ0) is 40.7. The van der Waals surface area contributed by atoms with E-state index in [-0.39, 0.29) is 59.1 Å². The SMILES string of the molecule is CC(C)(C)CC(O)COC(=O)c1ccc(C(=O)OCC(O)CC(C)(C)CCC(C)(C)CC(O)CN2C(=O)N(CC(O)CC(C)(C)C)C(C)(C)C2=O)cc1. The first-order valence-corrected chi connectivity index (χ1v) is 18.8. The molecule has 0 saturated carbocycles. The van der Waals surface area contributed by atoms with E-state index >= 15 is 0 Å². The molecule has 4 N–H and O–H groups in total. The minimum atomic E-state index is -1.14. The van der Waals surface area contributed by atoms with E-state index in [0.717, 1.165) is 4.90 Å². The number of imide groups is 1. The van der Waals surface area contributed by atoms with Gasteiger partial charge in [0.25, 0.3) is 5.91 Å². The summed E-state index contributed by atoms with van der Waals surface area (Å²) in [6.07, 6.45) is -0.415. The van der Waals surface area contributed by atoms with Crippen molar-refractivity contribution < 1.29 is 49.1 Å². The number of amides is 3. The molecule has 0 spiro atoms. The van der Waals surface area contributed by atoms with Crippen LogP contribution in [0.3, 0.4) is 0 Å². The van der Waals surface area contributed by atoms with E-state index in [1.165, 1.54) is 29.2 Å². The number of urea groups is 1. The topological polar surface area (TPSA) is 174 Å². The monoisotopic (exact) mass is 748 g/mol. The van der Waals surface area contributed by atoms with Crippen molar-refractivity contribution in [1.29, 1.82) is 0 Å². The lowest BCUT2D eigenvalue weighted by Crippen LogP contribution is -2.48. The highest BCUT2D eigenvalue weighted by Crippen LogP contribution is 2.38. The molecule has 3 amide bonds. The molecular weight excluding hydrogens is 680 g/mol. The summed E-state index contributed by atoms with van der Waals surface area (Å²) in [5, 5.41) is 42.5. The fraction of sp³-hybridized carbons (Fsp3) is 0.756. The second kappa shape index (κ2) is 18.0. The standard InChI is InChI=1S/C41H68N2O10/c1-37(2,3)19-29(44)24-43-36(51)42(35(50)41(43,11)12)23-30(45)21-39(7,8)17-18-40(9,10)22-32(47)26-53-34(49)28-15-13-27(14-16-28)33(48)52-25-31(46)20-38(4,5)6/h13-16,29-32,44-47H,17-26H2,1-12H3. The zero-order valence-corrected chi connectivity index (χ0v) is 34.3. The van der Waals surface area contributed by atoms with E-state index in [1.54, 1.807) is 13.8 Å². The third-order valence-electron chi connectivity index (χ3n) is 9.61. The van der Waals surface area contributed by atoms with Crippen molar-refractivity contribution >= 4 is 23.9 Å². The lowest BCUT2D eigenvalue weighted by Gasteiger charge is -2.34. The summed E-state index contributed by atoms with van der Waals surface area (Å²) in [5.74, 6) is -1.65. The van der Waals surface area contributed by atoms with Gasteiger partial charge in [-0.3, -0.25) is 9.69 Å². The van der Waals surface area contributed by atoms with E-state index < -0.39 is 53.8 Å². The number of ether oxygens (including phenoxy) is 2. The minimum Gasteiger partial charge on any atom is -0.459 e. The number of carbonyl (C=O) groups is 4. The van der Waals surface area contributed by atoms with E-state index in [1.807, 2.05) is 69.2 Å². The molecule has 1 aliphatic rings. The average molecular weight is 749 g/mol. The van der Waals surface area contributed by atoms with Crippen LogP contribution in [0, 0.1) is 21.7 Å². The quantitative estimate of drug-likeness (QED) is 0.0975. The number of hydrogen-bond donors (Lipinski definition) is 4. The van der Waals surface area contributed by atoms with E-state index in [2.05, 4.69) is 0 Å². The van der Waals surface area contributed by atoms with Crippen LogP contribution in [0.1, 0.15) is 142 Å². The predicted molar refractivity (Wildman–Crippen MR) is 203 cm³/mol. The van der Waals surface area contributed by atoms with Crippen molar-refractivity contribution in [3.05, 3.63) is 35.4 Å². The Balaban J connectivity index is 1.84. The summed E-state index contributed by atoms with van der Waals surface area (Å²) in [6.45, 7) is 22.9. The van der Waals surface area contributed by atoms with Crippen molar-refractivity contribution in [2.24, 2.45) is 21.7 Å². The molecule has 12 nitrogen and oxygen atoms in total. The minimum absolute atomic E-state index is 0.0312. The predicted octanol–water partition coefficient (Wildman–Crippen LogP) is 5.97. The van der Waals surface area contributed by atoms with Gasteiger partial charge < -0.3 is 34.8 Å². The average Bonchev–Trinajstić information content (AvgIpc) is 3.14. The Kier molecular flexibility index (Phi) is 15.7. The van der Waals surface area contributed by atoms with Crippen LogP contribution in [-0.4, -0.2) is 110 Å². The number of aliphatic hydroxyl groups is 4. The second-order valence-electron chi connectivity index (χ2n) is 19.5. The number of esters is 2. The van der Waals surface area contributed by atoms with Crippen molar-refractivity contribution in [2.45, 2.75) is 152 Å². The molecule has 1 heterocycles. The molecule has 0 aliphatic carbocycles. The molecule has 1 fully saturated rings. The van der Waals surface area contributed by atoms with Gasteiger partial charge in [-0.1, -0.05) is 69.2 Å². The first-order chi connectivity index (χ1) is 24.0. The molecule has 4 unspecified atom stereocenters. The molecule has 1 saturated heterocycles. The lowest BCUT2D eigenvalue weighted by molar-refractivity contribution is -0.133. The van der Waals surface area contributed by atoms with Crippen LogP contribution in [0.15, 0.2) is 24.3 Å². The lowest BCUT2D eigenvalue weighted by atomic mass is 9.74. The number of carbonyl (C=O) groups excluding carboxylic acids is 4. The van der Waals surface area contributed by atoms with Gasteiger partial charge >= 0.3 is 18.0 Å². The molecule has 1 aromatic carbocycles. The number of β-amino-alcohol motifs (C(OH)–C–C–N with tert-alkyl or cyclic N) is 2. The van der Waals surface area contributed by atoms with Crippen molar-refractivity contribution in [3.63, 3.8) is 0 Å². The van der Waals surface area contributed by atoms with Gasteiger partial charge in [0.15, 0.2) is 0 Å². The number of hydrogen-bond acceptors (Lipinski definition) is 10. The Bertz CT molecular complexity index is 1390. The molecular formula is C41H68N2O10. The van der Waals surface area contributed by atoms with Crippen molar-refractivity contribution in [1.82, 2.24) is 9.80 Å². The summed E-state index contributed by atoms with van der Waals surface area (Å²) in [5.41, 5.74) is -1.64. The Morgan fingerprint density at radius 2 is 0.981 bits per heavy atom. The highest BCUT2D eigenvalue weighted by Gasteiger charge is 2.52. The summed E-state index contributed by atoms with van der Waals surface area (Å²) in [6, 6.07) is 5.28. The van der Waals surface area contributed by atoms with Gasteiger partial charge in [0.2, 0.25) is 0 Å². The zero-order valence-electron chi connectivity index (χ0n) is 34.3. The van der Waals surface area contributed by atoms with Gasteiger partial charge in [-0.05, 0) is 98.3 Å². The Labute approximate surface area is 317 Å². The third kappa shape index (κ3) is 15.3. The smallest absolute Gasteiger partial charge is 0.338 e. The number of rotatable bonds is 19. The number of aliphatic hydroxyl groups excluding tert-OH is 4. The molecule has 1 aliphatic heterocycles. The fourth-order valence-corrected chi connectivity index (χ4v) is 6.88. The summed E-state index contributed by atoms with van der Waals surface area (Å²) >= 11 is 0. The highest BCUT2D eigenvalue weighted by atomic mass is 16.5. The maximum absolute atomic E-state index is 13.3. The van der Waals surface area contributed by atoms with Crippen LogP contribution >= 0.6 is 0 Å². The van der Waals surface area contributed by atoms with E-state index in [9.17, 15) is 39.6 Å². The summed E-state index contributed by atoms with van der Waals surface area (Å²) in [4.78, 5) is 54.1. The summed E-state index contributed by atoms with van der Waals surface area (Å²) in [7, 11) is 0. The first kappa shape index (κ1) is 46.1. The van der Waals surface area contributed by atoms with E-state index in [0.29, 0.717) is 38.5 Å². The van der Waals surface area contributed by atoms with Gasteiger partial charge in [0, 0.05) is 6.54 Å². The Morgan fingerprint density at radius 1 is 0.623 bits per heavy atom. The highest BCUT2D eigenvalue weighted by molar-refractivity contribution is 6.06. The second-order valence-corrected chi connectivity index (χ2v) is 19.5. The molecule has 0 radical (unpaired) electrons. The van der Waals surface area contributed by atoms with Crippen LogP contribution in [0.25, 0.3) is 0 Å². The van der Waals surface area contributed by atoms with Crippen LogP contribution in [0.5, 0.6) is 0 Å². The van der Waals surface area contributed by atoms with Crippen molar-refractivity contribution in [2.75, 3.05) is 26.3 Å². The van der Waals surface area contributed by atoms with Crippen LogP contribution in [0.4, 0.5) is 4.79 Å². The molecule has 12 heteroatoms. The normalized spacial score (nSPS) is 17.8. The number of benzene rings is 1. The summed E-state index contributed by atoms with van der Waals surface area (Å²) < 4.78 is 10.6. The molecule has 4 atom stereocenters. The molecule has 302 valence electrons. The van der Waals surface area contributed by atoms with Crippen LogP contribution in [-0.2, 0) is 14.3 Å². The molecule has 53 heavy (non-hydrogen) atoms. The number of nitrogens with zero attached hydrogens (tertiary/aromatic N) is 2. The molecule has 2 rings (SSSR count). The van der Waals surface area contributed by atoms with E-state index in [4.69, 9.17) is 9.47 Å². The maximum atomic E-state index is 13.3. The van der Waals surface area contributed by atoms with Gasteiger partial charge in [0.1, 0.15) is 18.8 Å². The molecule has 0 aromatic heterocycles. The Hall–Kier alpha value is -3.06. The van der Waals surface area contributed by atoms with Gasteiger partial charge in [-0.25, -0.2) is 14.4 Å². The maximum Gasteiger partial charge on any atom is 0.338 e.